The zero-order chi connectivity index (χ0) is 17.7. The van der Waals surface area contributed by atoms with E-state index in [4.69, 9.17) is 4.74 Å². The van der Waals surface area contributed by atoms with Crippen LogP contribution in [0.3, 0.4) is 0 Å². The third kappa shape index (κ3) is 4.06. The van der Waals surface area contributed by atoms with Gasteiger partial charge in [-0.1, -0.05) is 50.7 Å². The summed E-state index contributed by atoms with van der Waals surface area (Å²) in [6, 6.07) is 7.67. The summed E-state index contributed by atoms with van der Waals surface area (Å²) in [6.45, 7) is 10.1. The maximum atomic E-state index is 12.2. The number of para-hydroxylation sites is 1. The van der Waals surface area contributed by atoms with Crippen molar-refractivity contribution in [1.82, 2.24) is 14.8 Å². The number of ketones is 1. The molecule has 0 spiro atoms. The summed E-state index contributed by atoms with van der Waals surface area (Å²) in [4.78, 5) is 12.2. The standard InChI is InChI=1S/C18H23N3O2S/c1-6-11-21-16(13-9-7-8-10-14(13)23-5)19-20-17(21)24-12-15(22)18(2,3)4/h6-10H,1,11-12H2,2-5H3. The third-order valence-corrected chi connectivity index (χ3v) is 4.51. The molecule has 0 bridgehead atoms. The molecule has 0 radical (unpaired) electrons. The Morgan fingerprint density at radius 3 is 2.67 bits per heavy atom. The molecule has 0 aliphatic carbocycles. The van der Waals surface area contributed by atoms with Crippen LogP contribution in [0.4, 0.5) is 0 Å². The predicted molar refractivity (Wildman–Crippen MR) is 97.4 cm³/mol. The van der Waals surface area contributed by atoms with E-state index in [0.717, 1.165) is 11.3 Å². The smallest absolute Gasteiger partial charge is 0.192 e. The lowest BCUT2D eigenvalue weighted by atomic mass is 9.92. The molecule has 0 saturated carbocycles. The van der Waals surface area contributed by atoms with Crippen molar-refractivity contribution in [1.29, 1.82) is 0 Å². The van der Waals surface area contributed by atoms with E-state index < -0.39 is 0 Å². The lowest BCUT2D eigenvalue weighted by Crippen LogP contribution is -2.22. The number of ether oxygens (including phenoxy) is 1. The maximum absolute atomic E-state index is 12.2. The van der Waals surface area contributed by atoms with Crippen LogP contribution in [0.25, 0.3) is 11.4 Å². The molecule has 1 aromatic heterocycles. The number of carbonyl (C=O) groups is 1. The van der Waals surface area contributed by atoms with Crippen LogP contribution in [0.2, 0.25) is 0 Å². The van der Waals surface area contributed by atoms with Gasteiger partial charge in [-0.25, -0.2) is 0 Å². The van der Waals surface area contributed by atoms with Gasteiger partial charge in [0.05, 0.1) is 18.4 Å². The highest BCUT2D eigenvalue weighted by atomic mass is 32.2. The minimum absolute atomic E-state index is 0.180. The zero-order valence-corrected chi connectivity index (χ0v) is 15.4. The van der Waals surface area contributed by atoms with Crippen molar-refractivity contribution in [2.45, 2.75) is 32.5 Å². The van der Waals surface area contributed by atoms with Gasteiger partial charge in [0.2, 0.25) is 0 Å². The van der Waals surface area contributed by atoms with Gasteiger partial charge in [-0.3, -0.25) is 9.36 Å². The van der Waals surface area contributed by atoms with Gasteiger partial charge in [0.15, 0.2) is 11.0 Å². The van der Waals surface area contributed by atoms with Gasteiger partial charge >= 0.3 is 0 Å². The van der Waals surface area contributed by atoms with Gasteiger partial charge < -0.3 is 4.74 Å². The van der Waals surface area contributed by atoms with Crippen LogP contribution in [0.15, 0.2) is 42.1 Å². The fraction of sp³-hybridized carbons (Fsp3) is 0.389. The molecule has 0 amide bonds. The molecule has 0 saturated heterocycles. The SMILES string of the molecule is C=CCn1c(SCC(=O)C(C)(C)C)nnc1-c1ccccc1OC. The predicted octanol–water partition coefficient (Wildman–Crippen LogP) is 3.85. The van der Waals surface area contributed by atoms with E-state index in [2.05, 4.69) is 16.8 Å². The number of methoxy groups -OCH3 is 1. The van der Waals surface area contributed by atoms with Crippen LogP contribution < -0.4 is 4.74 Å². The molecule has 2 rings (SSSR count). The second-order valence-electron chi connectivity index (χ2n) is 6.37. The summed E-state index contributed by atoms with van der Waals surface area (Å²) < 4.78 is 7.37. The van der Waals surface area contributed by atoms with E-state index in [1.54, 1.807) is 13.2 Å². The minimum atomic E-state index is -0.359. The van der Waals surface area contributed by atoms with E-state index in [1.165, 1.54) is 11.8 Å². The van der Waals surface area contributed by atoms with Gasteiger partial charge in [0.25, 0.3) is 0 Å². The molecule has 0 unspecified atom stereocenters. The van der Waals surface area contributed by atoms with Gasteiger partial charge in [0.1, 0.15) is 11.5 Å². The number of aromatic nitrogens is 3. The zero-order valence-electron chi connectivity index (χ0n) is 14.6. The number of thioether (sulfide) groups is 1. The molecule has 5 nitrogen and oxygen atoms in total. The number of benzene rings is 1. The number of allylic oxidation sites excluding steroid dienone is 1. The van der Waals surface area contributed by atoms with Gasteiger partial charge in [-0.2, -0.15) is 0 Å². The summed E-state index contributed by atoms with van der Waals surface area (Å²) in [5, 5.41) is 9.27. The molecule has 1 aromatic carbocycles. The summed E-state index contributed by atoms with van der Waals surface area (Å²) in [5.74, 6) is 1.99. The average molecular weight is 345 g/mol. The van der Waals surface area contributed by atoms with E-state index in [0.29, 0.717) is 23.3 Å². The molecule has 24 heavy (non-hydrogen) atoms. The summed E-state index contributed by atoms with van der Waals surface area (Å²) in [6.07, 6.45) is 1.79. The summed E-state index contributed by atoms with van der Waals surface area (Å²) >= 11 is 1.40. The molecule has 128 valence electrons. The Bertz CT molecular complexity index is 732. The molecule has 0 atom stereocenters. The van der Waals surface area contributed by atoms with Crippen LogP contribution in [0.5, 0.6) is 5.75 Å². The largest absolute Gasteiger partial charge is 0.496 e. The molecule has 0 aliphatic rings. The molecule has 0 N–H and O–H groups in total. The van der Waals surface area contributed by atoms with Crippen molar-refractivity contribution in [3.8, 4) is 17.1 Å². The van der Waals surface area contributed by atoms with Crippen LogP contribution >= 0.6 is 11.8 Å². The van der Waals surface area contributed by atoms with Gasteiger partial charge in [-0.05, 0) is 12.1 Å². The second kappa shape index (κ2) is 7.66. The molecular weight excluding hydrogens is 322 g/mol. The molecule has 2 aromatic rings. The fourth-order valence-corrected chi connectivity index (χ4v) is 3.17. The molecule has 1 heterocycles. The lowest BCUT2D eigenvalue weighted by Gasteiger charge is -2.16. The summed E-state index contributed by atoms with van der Waals surface area (Å²) in [5.41, 5.74) is 0.505. The first-order valence-electron chi connectivity index (χ1n) is 7.72. The van der Waals surface area contributed by atoms with Crippen molar-refractivity contribution in [2.75, 3.05) is 12.9 Å². The fourth-order valence-electron chi connectivity index (χ4n) is 2.06. The Morgan fingerprint density at radius 2 is 2.04 bits per heavy atom. The third-order valence-electron chi connectivity index (χ3n) is 3.55. The number of hydrogen-bond donors (Lipinski definition) is 0. The van der Waals surface area contributed by atoms with Crippen LogP contribution in [0, 0.1) is 5.41 Å². The van der Waals surface area contributed by atoms with Crippen molar-refractivity contribution >= 4 is 17.5 Å². The Kier molecular flexibility index (Phi) is 5.83. The summed E-state index contributed by atoms with van der Waals surface area (Å²) in [7, 11) is 1.63. The van der Waals surface area contributed by atoms with E-state index in [9.17, 15) is 4.79 Å². The van der Waals surface area contributed by atoms with Crippen LogP contribution in [0.1, 0.15) is 20.8 Å². The average Bonchev–Trinajstić information content (AvgIpc) is 2.94. The second-order valence-corrected chi connectivity index (χ2v) is 7.31. The topological polar surface area (TPSA) is 57.0 Å². The van der Waals surface area contributed by atoms with Gasteiger partial charge in [-0.15, -0.1) is 16.8 Å². The lowest BCUT2D eigenvalue weighted by molar-refractivity contribution is -0.123. The monoisotopic (exact) mass is 345 g/mol. The van der Waals surface area contributed by atoms with Crippen LogP contribution in [-0.2, 0) is 11.3 Å². The number of rotatable bonds is 7. The van der Waals surface area contributed by atoms with E-state index in [1.807, 2.05) is 49.6 Å². The number of Topliss-reactive ketones (excluding diaryl/α,β-unsaturated/α-hetero) is 1. The molecule has 6 heteroatoms. The molecular formula is C18H23N3O2S. The Hall–Kier alpha value is -2.08. The Balaban J connectivity index is 2.33. The van der Waals surface area contributed by atoms with Crippen molar-refractivity contribution in [3.63, 3.8) is 0 Å². The molecule has 0 fully saturated rings. The first-order chi connectivity index (χ1) is 11.4. The number of hydrogen-bond acceptors (Lipinski definition) is 5. The van der Waals surface area contributed by atoms with Gasteiger partial charge in [0, 0.05) is 12.0 Å². The first-order valence-corrected chi connectivity index (χ1v) is 8.70. The maximum Gasteiger partial charge on any atom is 0.192 e. The Morgan fingerprint density at radius 1 is 1.33 bits per heavy atom. The van der Waals surface area contributed by atoms with Crippen molar-refractivity contribution in [2.24, 2.45) is 5.41 Å². The highest BCUT2D eigenvalue weighted by Gasteiger charge is 2.23. The minimum Gasteiger partial charge on any atom is -0.496 e. The molecule has 0 aliphatic heterocycles. The highest BCUT2D eigenvalue weighted by Crippen LogP contribution is 2.31. The normalized spacial score (nSPS) is 11.3. The van der Waals surface area contributed by atoms with Crippen molar-refractivity contribution < 1.29 is 9.53 Å². The van der Waals surface area contributed by atoms with E-state index >= 15 is 0 Å². The first kappa shape index (κ1) is 18.3. The quantitative estimate of drug-likeness (QED) is 0.563. The van der Waals surface area contributed by atoms with E-state index in [-0.39, 0.29) is 11.2 Å². The van der Waals surface area contributed by atoms with Crippen molar-refractivity contribution in [3.05, 3.63) is 36.9 Å². The van der Waals surface area contributed by atoms with Crippen LogP contribution in [-0.4, -0.2) is 33.4 Å². The number of nitrogens with zero attached hydrogens (tertiary/aromatic N) is 3. The number of carbonyl (C=O) groups excluding carboxylic acids is 1. The highest BCUT2D eigenvalue weighted by molar-refractivity contribution is 7.99. The Labute approximate surface area is 147 Å².